The molecule has 0 rings (SSSR count). The molecule has 0 spiro atoms. The number of hydrogen-bond donors (Lipinski definition) is 0. The molecule has 1 nitrogen and oxygen atoms in total. The van der Waals surface area contributed by atoms with Crippen LogP contribution in [0.4, 0.5) is 0 Å². The molecule has 0 saturated carbocycles. The van der Waals surface area contributed by atoms with Gasteiger partial charge in [-0.25, -0.2) is 0 Å². The molecule has 0 unspecified atom stereocenters. The van der Waals surface area contributed by atoms with Gasteiger partial charge in [0.05, 0.1) is 0 Å². The predicted octanol–water partition coefficient (Wildman–Crippen LogP) is -3.12. The zero-order valence-corrected chi connectivity index (χ0v) is 9.52. The van der Waals surface area contributed by atoms with Gasteiger partial charge in [-0.2, -0.15) is 0 Å². The van der Waals surface area contributed by atoms with Crippen LogP contribution in [-0.4, -0.2) is 0 Å². The van der Waals surface area contributed by atoms with E-state index in [4.69, 9.17) is 0 Å². The minimum atomic E-state index is 0. The molecular weight excluding hydrogens is 214 g/mol. The number of hydrogen-bond acceptors (Lipinski definition) is 0. The van der Waals surface area contributed by atoms with Crippen LogP contribution in [0.25, 0.3) is 0 Å². The first-order valence-electron chi connectivity index (χ1n) is 0. The molecule has 5 heteroatoms. The van der Waals surface area contributed by atoms with E-state index in [1.807, 2.05) is 0 Å². The van der Waals surface area contributed by atoms with E-state index in [9.17, 15) is 0 Å². The summed E-state index contributed by atoms with van der Waals surface area (Å²) in [6, 6.07) is 0. The van der Waals surface area contributed by atoms with Crippen LogP contribution in [0.5, 0.6) is 0 Å². The predicted molar refractivity (Wildman–Crippen MR) is 0.686 cm³/mol. The molecule has 5 heavy (non-hydrogen) atoms. The second kappa shape index (κ2) is 26.9. The largest absolute Gasteiger partial charge is 3.00 e. The molecular formula is CrFeKOV+4. The summed E-state index contributed by atoms with van der Waals surface area (Å²) in [7, 11) is 0. The van der Waals surface area contributed by atoms with E-state index < -0.39 is 0 Å². The third-order valence-electron chi connectivity index (χ3n) is 0. The molecule has 0 aliphatic rings. The van der Waals surface area contributed by atoms with E-state index in [-0.39, 0.29) is 110 Å². The van der Waals surface area contributed by atoms with E-state index in [2.05, 4.69) is 0 Å². The molecule has 2 radical (unpaired) electrons. The van der Waals surface area contributed by atoms with Crippen molar-refractivity contribution in [2.24, 2.45) is 0 Å². The summed E-state index contributed by atoms with van der Waals surface area (Å²) < 4.78 is 0. The minimum absolute atomic E-state index is 0. The van der Waals surface area contributed by atoms with Crippen LogP contribution < -0.4 is 51.4 Å². The molecule has 0 aliphatic heterocycles. The van der Waals surface area contributed by atoms with Gasteiger partial charge in [-0.3, -0.25) is 0 Å². The molecule has 0 fully saturated rings. The smallest absolute Gasteiger partial charge is 2.00 e. The Bertz CT molecular complexity index is 11.6. The fraction of sp³-hybridized carbons (Fsp3) is 0. The molecule has 0 aliphatic carbocycles. The Balaban J connectivity index is 0. The van der Waals surface area contributed by atoms with Crippen molar-refractivity contribution in [2.75, 3.05) is 0 Å². The third-order valence-corrected chi connectivity index (χ3v) is 0. The number of rotatable bonds is 0. The van der Waals surface area contributed by atoms with Crippen molar-refractivity contribution in [3.63, 3.8) is 0 Å². The standard InChI is InChI=1S/Cr.Fe.K.O.V/q+3;+2;+1;-2;. The van der Waals surface area contributed by atoms with Crippen molar-refractivity contribution in [1.29, 1.82) is 0 Å². The SMILES string of the molecule is [Cr+3].[Fe+2].[K+].[O-2].[V]. The summed E-state index contributed by atoms with van der Waals surface area (Å²) >= 11 is 0. The first kappa shape index (κ1) is 41.2. The molecule has 0 aromatic heterocycles. The Kier molecular flexibility index (Phi) is 222. The maximum absolute atomic E-state index is 0. The van der Waals surface area contributed by atoms with Crippen molar-refractivity contribution in [2.45, 2.75) is 0 Å². The monoisotopic (exact) mass is 214 g/mol. The molecule has 0 aromatic rings. The van der Waals surface area contributed by atoms with Gasteiger partial charge < -0.3 is 5.48 Å². The van der Waals surface area contributed by atoms with Gasteiger partial charge in [-0.1, -0.05) is 0 Å². The summed E-state index contributed by atoms with van der Waals surface area (Å²) in [4.78, 5) is 0. The third kappa shape index (κ3) is 19.0. The van der Waals surface area contributed by atoms with Crippen molar-refractivity contribution < 1.29 is 110 Å². The Morgan fingerprint density at radius 1 is 1.00 bits per heavy atom. The molecule has 0 saturated heterocycles. The van der Waals surface area contributed by atoms with Crippen LogP contribution in [0.2, 0.25) is 0 Å². The van der Waals surface area contributed by atoms with Gasteiger partial charge in [-0.05, 0) is 0 Å². The van der Waals surface area contributed by atoms with E-state index in [0.717, 1.165) is 0 Å². The Morgan fingerprint density at radius 2 is 1.00 bits per heavy atom. The molecule has 0 atom stereocenters. The van der Waals surface area contributed by atoms with Gasteiger partial charge in [0.2, 0.25) is 0 Å². The van der Waals surface area contributed by atoms with Gasteiger partial charge in [0.1, 0.15) is 0 Å². The van der Waals surface area contributed by atoms with Crippen molar-refractivity contribution in [3.8, 4) is 0 Å². The van der Waals surface area contributed by atoms with Crippen LogP contribution >= 0.6 is 0 Å². The van der Waals surface area contributed by atoms with Crippen LogP contribution in [0, 0.1) is 0 Å². The van der Waals surface area contributed by atoms with E-state index in [1.54, 1.807) is 0 Å². The van der Waals surface area contributed by atoms with Crippen molar-refractivity contribution in [1.82, 2.24) is 0 Å². The summed E-state index contributed by atoms with van der Waals surface area (Å²) in [5, 5.41) is 0. The molecule has 0 N–H and O–H groups in total. The van der Waals surface area contributed by atoms with Gasteiger partial charge in [0, 0.05) is 18.6 Å². The Labute approximate surface area is 107 Å². The van der Waals surface area contributed by atoms with Crippen LogP contribution in [0.15, 0.2) is 0 Å². The minimum Gasteiger partial charge on any atom is -2.00 e. The van der Waals surface area contributed by atoms with Gasteiger partial charge >= 0.3 is 85.8 Å². The average molecular weight is 214 g/mol. The van der Waals surface area contributed by atoms with Crippen LogP contribution in [0.3, 0.4) is 0 Å². The molecule has 0 aromatic carbocycles. The van der Waals surface area contributed by atoms with Crippen molar-refractivity contribution in [3.05, 3.63) is 0 Å². The van der Waals surface area contributed by atoms with Crippen LogP contribution in [0.1, 0.15) is 0 Å². The fourth-order valence-corrected chi connectivity index (χ4v) is 0. The quantitative estimate of drug-likeness (QED) is 0.381. The maximum Gasteiger partial charge on any atom is 3.00 e. The van der Waals surface area contributed by atoms with Crippen LogP contribution in [-0.2, 0) is 58.5 Å². The average Bonchev–Trinajstić information content (AvgIpc) is 0. The first-order valence-corrected chi connectivity index (χ1v) is 0. The summed E-state index contributed by atoms with van der Waals surface area (Å²) in [6.45, 7) is 0. The summed E-state index contributed by atoms with van der Waals surface area (Å²) in [5.41, 5.74) is 0. The summed E-state index contributed by atoms with van der Waals surface area (Å²) in [6.07, 6.45) is 0. The van der Waals surface area contributed by atoms with Gasteiger partial charge in [-0.15, -0.1) is 0 Å². The topological polar surface area (TPSA) is 28.5 Å². The van der Waals surface area contributed by atoms with E-state index >= 15 is 0 Å². The fourth-order valence-electron chi connectivity index (χ4n) is 0. The summed E-state index contributed by atoms with van der Waals surface area (Å²) in [5.74, 6) is 0. The normalized spacial score (nSPS) is 0. The Hall–Kier alpha value is 3.23. The molecule has 0 heterocycles. The zero-order chi connectivity index (χ0) is 0. The molecule has 0 bridgehead atoms. The van der Waals surface area contributed by atoms with Gasteiger partial charge in [0.25, 0.3) is 0 Å². The van der Waals surface area contributed by atoms with Crippen molar-refractivity contribution >= 4 is 0 Å². The Morgan fingerprint density at radius 3 is 1.00 bits per heavy atom. The molecule has 22 valence electrons. The maximum atomic E-state index is 0. The van der Waals surface area contributed by atoms with E-state index in [0.29, 0.717) is 0 Å². The van der Waals surface area contributed by atoms with Gasteiger partial charge in [0.15, 0.2) is 0 Å². The molecule has 0 amide bonds. The zero-order valence-electron chi connectivity index (χ0n) is 2.62. The second-order valence-corrected chi connectivity index (χ2v) is 0. The second-order valence-electron chi connectivity index (χ2n) is 0. The van der Waals surface area contributed by atoms with E-state index in [1.165, 1.54) is 0 Å². The first-order chi connectivity index (χ1) is 0.